The molecule has 0 N–H and O–H groups in total. The van der Waals surface area contributed by atoms with Crippen LogP contribution in [0, 0.1) is 10.1 Å². The molecular weight excluding hydrogens is 499 g/mol. The molecule has 0 unspecified atom stereocenters. The highest BCUT2D eigenvalue weighted by molar-refractivity contribution is 7.97. The number of nitrogens with zero attached hydrogens (tertiary/aromatic N) is 2. The minimum atomic E-state index is -0.405. The van der Waals surface area contributed by atoms with Gasteiger partial charge in [0.15, 0.2) is 0 Å². The Kier molecular flexibility index (Phi) is 7.41. The van der Waals surface area contributed by atoms with Gasteiger partial charge in [-0.05, 0) is 76.2 Å². The third kappa shape index (κ3) is 5.99. The van der Waals surface area contributed by atoms with E-state index in [0.717, 1.165) is 38.4 Å². The minimum absolute atomic E-state index is 0.0545. The Morgan fingerprint density at radius 2 is 1.31 bits per heavy atom. The second-order valence-corrected chi connectivity index (χ2v) is 10.8. The lowest BCUT2D eigenvalue weighted by molar-refractivity contribution is -0.384. The second-order valence-electron chi connectivity index (χ2n) is 9.12. The molecule has 0 fully saturated rings. The molecule has 0 aliphatic rings. The lowest BCUT2D eigenvalue weighted by Gasteiger charge is -2.26. The number of rotatable bonds is 6. The zero-order valence-electron chi connectivity index (χ0n) is 19.5. The monoisotopic (exact) mass is 521 g/mol. The molecule has 0 heterocycles. The van der Waals surface area contributed by atoms with Crippen molar-refractivity contribution in [2.24, 2.45) is 0 Å². The predicted molar refractivity (Wildman–Crippen MR) is 147 cm³/mol. The Morgan fingerprint density at radius 1 is 0.771 bits per heavy atom. The lowest BCUT2D eigenvalue weighted by atomic mass is 9.81. The molecule has 0 bridgehead atoms. The third-order valence-corrected chi connectivity index (χ3v) is 6.80. The predicted octanol–water partition coefficient (Wildman–Crippen LogP) is 9.48. The van der Waals surface area contributed by atoms with Gasteiger partial charge in [-0.3, -0.25) is 10.1 Å². The summed E-state index contributed by atoms with van der Waals surface area (Å²) in [5.41, 5.74) is 5.91. The van der Waals surface area contributed by atoms with Crippen LogP contribution < -0.4 is 4.72 Å². The van der Waals surface area contributed by atoms with Crippen LogP contribution in [-0.2, 0) is 5.41 Å². The fraction of sp³-hybridized carbons (Fsp3) is 0.143. The zero-order chi connectivity index (χ0) is 25.2. The Morgan fingerprint density at radius 3 is 1.83 bits per heavy atom. The van der Waals surface area contributed by atoms with E-state index >= 15 is 0 Å². The molecule has 0 saturated heterocycles. The van der Waals surface area contributed by atoms with Crippen LogP contribution in [0.1, 0.15) is 26.3 Å². The van der Waals surface area contributed by atoms with Gasteiger partial charge < -0.3 is 0 Å². The maximum Gasteiger partial charge on any atom is 0.269 e. The third-order valence-electron chi connectivity index (χ3n) is 5.54. The van der Waals surface area contributed by atoms with Gasteiger partial charge in [0.05, 0.1) is 10.6 Å². The number of non-ortho nitro benzene ring substituents is 1. The first kappa shape index (κ1) is 25.1. The standard InChI is InChI=1S/C28H23Cl2N2O2S/c1-28(2,3)26-17-20(18-4-8-21(29)9-5-18)16-25(19-6-10-22(30)11-7-19)27(26)31-35-24-14-12-23(13-15-24)32(33)34/h4-17H,1-3H3. The Balaban J connectivity index is 1.84. The maximum atomic E-state index is 11.0. The van der Waals surface area contributed by atoms with Gasteiger partial charge in [0.1, 0.15) is 0 Å². The van der Waals surface area contributed by atoms with E-state index in [1.807, 2.05) is 48.5 Å². The van der Waals surface area contributed by atoms with Crippen molar-refractivity contribution >= 4 is 46.5 Å². The van der Waals surface area contributed by atoms with Crippen molar-refractivity contribution in [3.05, 3.63) is 111 Å². The van der Waals surface area contributed by atoms with Crippen molar-refractivity contribution in [2.45, 2.75) is 31.1 Å². The summed E-state index contributed by atoms with van der Waals surface area (Å²) in [4.78, 5) is 11.4. The summed E-state index contributed by atoms with van der Waals surface area (Å²) in [6, 6.07) is 26.3. The summed E-state index contributed by atoms with van der Waals surface area (Å²) in [6.45, 7) is 6.49. The van der Waals surface area contributed by atoms with E-state index in [4.69, 9.17) is 27.9 Å². The van der Waals surface area contributed by atoms with Crippen LogP contribution in [-0.4, -0.2) is 4.92 Å². The van der Waals surface area contributed by atoms with Gasteiger partial charge in [-0.15, -0.1) is 0 Å². The van der Waals surface area contributed by atoms with Crippen LogP contribution in [0.2, 0.25) is 10.0 Å². The highest BCUT2D eigenvalue weighted by Gasteiger charge is 2.24. The summed E-state index contributed by atoms with van der Waals surface area (Å²) in [5, 5.41) is 12.4. The van der Waals surface area contributed by atoms with Gasteiger partial charge in [0.2, 0.25) is 0 Å². The van der Waals surface area contributed by atoms with E-state index in [1.165, 1.54) is 24.1 Å². The van der Waals surface area contributed by atoms with Gasteiger partial charge in [0.25, 0.3) is 5.69 Å². The Hall–Kier alpha value is -2.99. The summed E-state index contributed by atoms with van der Waals surface area (Å²) in [7, 11) is 0. The number of halogens is 2. The molecule has 4 aromatic carbocycles. The minimum Gasteiger partial charge on any atom is -0.258 e. The summed E-state index contributed by atoms with van der Waals surface area (Å²) in [6.07, 6.45) is 0. The highest BCUT2D eigenvalue weighted by atomic mass is 35.5. The topological polar surface area (TPSA) is 57.2 Å². The van der Waals surface area contributed by atoms with Crippen molar-refractivity contribution < 1.29 is 4.92 Å². The molecule has 0 saturated carbocycles. The molecule has 0 aliphatic heterocycles. The van der Waals surface area contributed by atoms with Crippen LogP contribution in [0.25, 0.3) is 22.3 Å². The molecule has 0 aromatic heterocycles. The molecule has 7 heteroatoms. The van der Waals surface area contributed by atoms with E-state index in [1.54, 1.807) is 12.1 Å². The molecule has 0 amide bonds. The molecule has 35 heavy (non-hydrogen) atoms. The Labute approximate surface area is 219 Å². The number of nitro benzene ring substituents is 1. The van der Waals surface area contributed by atoms with Crippen molar-refractivity contribution in [1.29, 1.82) is 0 Å². The lowest BCUT2D eigenvalue weighted by Crippen LogP contribution is -2.14. The summed E-state index contributed by atoms with van der Waals surface area (Å²) < 4.78 is 4.96. The smallest absolute Gasteiger partial charge is 0.258 e. The normalized spacial score (nSPS) is 11.3. The molecular formula is C28H23Cl2N2O2S. The fourth-order valence-corrected chi connectivity index (χ4v) is 4.59. The van der Waals surface area contributed by atoms with Gasteiger partial charge in [-0.2, -0.15) is 0 Å². The Bertz CT molecular complexity index is 1350. The van der Waals surface area contributed by atoms with Gasteiger partial charge >= 0.3 is 0 Å². The first-order chi connectivity index (χ1) is 16.6. The van der Waals surface area contributed by atoms with E-state index in [-0.39, 0.29) is 11.1 Å². The fourth-order valence-electron chi connectivity index (χ4n) is 3.69. The van der Waals surface area contributed by atoms with Gasteiger partial charge in [0, 0.05) is 44.6 Å². The summed E-state index contributed by atoms with van der Waals surface area (Å²) in [5.74, 6) is 0. The quantitative estimate of drug-likeness (QED) is 0.144. The highest BCUT2D eigenvalue weighted by Crippen LogP contribution is 2.43. The van der Waals surface area contributed by atoms with Gasteiger partial charge in [-0.1, -0.05) is 68.2 Å². The maximum absolute atomic E-state index is 11.0. The average Bonchev–Trinajstić information content (AvgIpc) is 2.83. The molecule has 0 aliphatic carbocycles. The molecule has 1 radical (unpaired) electrons. The molecule has 4 nitrogen and oxygen atoms in total. The number of benzene rings is 4. The number of hydrogen-bond donors (Lipinski definition) is 0. The van der Waals surface area contributed by atoms with Crippen LogP contribution in [0.15, 0.2) is 89.8 Å². The number of hydrogen-bond acceptors (Lipinski definition) is 3. The molecule has 177 valence electrons. The van der Waals surface area contributed by atoms with Gasteiger partial charge in [-0.25, -0.2) is 4.72 Å². The van der Waals surface area contributed by atoms with Crippen LogP contribution in [0.3, 0.4) is 0 Å². The summed E-state index contributed by atoms with van der Waals surface area (Å²) >= 11 is 13.6. The molecule has 4 aromatic rings. The van der Waals surface area contributed by atoms with Crippen LogP contribution in [0.5, 0.6) is 0 Å². The molecule has 0 spiro atoms. The zero-order valence-corrected chi connectivity index (χ0v) is 21.8. The van der Waals surface area contributed by atoms with E-state index in [2.05, 4.69) is 32.9 Å². The van der Waals surface area contributed by atoms with Crippen molar-refractivity contribution in [3.63, 3.8) is 0 Å². The second kappa shape index (κ2) is 10.3. The van der Waals surface area contributed by atoms with E-state index < -0.39 is 4.92 Å². The largest absolute Gasteiger partial charge is 0.269 e. The SMILES string of the molecule is CC(C)(C)c1cc(-c2ccc(Cl)cc2)cc(-c2ccc(Cl)cc2)c1[N]Sc1ccc([N+](=O)[O-])cc1. The van der Waals surface area contributed by atoms with E-state index in [9.17, 15) is 10.1 Å². The van der Waals surface area contributed by atoms with Crippen LogP contribution >= 0.6 is 35.1 Å². The first-order valence-electron chi connectivity index (χ1n) is 10.9. The van der Waals surface area contributed by atoms with Crippen molar-refractivity contribution in [2.75, 3.05) is 0 Å². The average molecular weight is 522 g/mol. The van der Waals surface area contributed by atoms with Crippen molar-refractivity contribution in [3.8, 4) is 22.3 Å². The van der Waals surface area contributed by atoms with Crippen LogP contribution in [0.4, 0.5) is 11.4 Å². The van der Waals surface area contributed by atoms with Crippen molar-refractivity contribution in [1.82, 2.24) is 4.72 Å². The number of nitro groups is 1. The molecule has 4 rings (SSSR count). The molecule has 0 atom stereocenters. The first-order valence-corrected chi connectivity index (χ1v) is 12.5. The van der Waals surface area contributed by atoms with E-state index in [0.29, 0.717) is 10.0 Å².